The lowest BCUT2D eigenvalue weighted by molar-refractivity contribution is 0.0990. The predicted molar refractivity (Wildman–Crippen MR) is 67.3 cm³/mol. The van der Waals surface area contributed by atoms with Crippen molar-refractivity contribution in [1.29, 1.82) is 0 Å². The van der Waals surface area contributed by atoms with Gasteiger partial charge in [-0.3, -0.25) is 4.79 Å². The molecule has 17 heavy (non-hydrogen) atoms. The second-order valence-electron chi connectivity index (χ2n) is 4.16. The standard InChI is InChI=1S/C12H17NO3S/c1-8-5-10(11(14)7-13-3)12(6-9(8)2)17(4,15)16/h5-6,13H,7H2,1-4H3. The maximum atomic E-state index is 11.8. The van der Waals surface area contributed by atoms with Gasteiger partial charge in [-0.25, -0.2) is 8.42 Å². The smallest absolute Gasteiger partial charge is 0.177 e. The first-order valence-electron chi connectivity index (χ1n) is 5.26. The molecule has 0 atom stereocenters. The summed E-state index contributed by atoms with van der Waals surface area (Å²) in [5.74, 6) is -0.212. The number of Topliss-reactive ketones (excluding diaryl/α,β-unsaturated/α-hetero) is 1. The molecule has 1 N–H and O–H groups in total. The lowest BCUT2D eigenvalue weighted by Crippen LogP contribution is -2.21. The van der Waals surface area contributed by atoms with Gasteiger partial charge in [0.1, 0.15) is 0 Å². The van der Waals surface area contributed by atoms with Gasteiger partial charge in [-0.15, -0.1) is 0 Å². The Labute approximate surface area is 102 Å². The molecule has 0 aliphatic carbocycles. The highest BCUT2D eigenvalue weighted by Gasteiger charge is 2.19. The zero-order valence-electron chi connectivity index (χ0n) is 10.5. The van der Waals surface area contributed by atoms with Crippen LogP contribution in [-0.4, -0.2) is 34.0 Å². The number of carbonyl (C=O) groups is 1. The van der Waals surface area contributed by atoms with E-state index in [4.69, 9.17) is 0 Å². The van der Waals surface area contributed by atoms with E-state index in [1.165, 1.54) is 0 Å². The van der Waals surface area contributed by atoms with Crippen LogP contribution in [0.3, 0.4) is 0 Å². The van der Waals surface area contributed by atoms with Crippen LogP contribution in [0.2, 0.25) is 0 Å². The number of hydrogen-bond acceptors (Lipinski definition) is 4. The fourth-order valence-corrected chi connectivity index (χ4v) is 2.53. The van der Waals surface area contributed by atoms with E-state index in [1.54, 1.807) is 19.2 Å². The minimum Gasteiger partial charge on any atom is -0.313 e. The molecule has 0 unspecified atom stereocenters. The van der Waals surface area contributed by atoms with Gasteiger partial charge in [0.05, 0.1) is 11.4 Å². The number of hydrogen-bond donors (Lipinski definition) is 1. The molecular weight excluding hydrogens is 238 g/mol. The van der Waals surface area contributed by atoms with Crippen LogP contribution in [0.15, 0.2) is 17.0 Å². The summed E-state index contributed by atoms with van der Waals surface area (Å²) in [6.45, 7) is 3.82. The van der Waals surface area contributed by atoms with Gasteiger partial charge < -0.3 is 5.32 Å². The third-order valence-electron chi connectivity index (χ3n) is 2.63. The largest absolute Gasteiger partial charge is 0.313 e. The van der Waals surface area contributed by atoms with Crippen LogP contribution in [0.4, 0.5) is 0 Å². The Balaban J connectivity index is 3.47. The van der Waals surface area contributed by atoms with Crippen LogP contribution in [0.25, 0.3) is 0 Å². The van der Waals surface area contributed by atoms with Gasteiger partial charge >= 0.3 is 0 Å². The van der Waals surface area contributed by atoms with Crippen LogP contribution < -0.4 is 5.32 Å². The quantitative estimate of drug-likeness (QED) is 0.819. The lowest BCUT2D eigenvalue weighted by Gasteiger charge is -2.10. The summed E-state index contributed by atoms with van der Waals surface area (Å²) in [6, 6.07) is 3.21. The number of sulfone groups is 1. The van der Waals surface area contributed by atoms with Gasteiger partial charge in [0.25, 0.3) is 0 Å². The molecule has 0 spiro atoms. The number of nitrogens with one attached hydrogen (secondary N) is 1. The maximum Gasteiger partial charge on any atom is 0.177 e. The summed E-state index contributed by atoms with van der Waals surface area (Å²) in [4.78, 5) is 12.0. The van der Waals surface area contributed by atoms with Crippen molar-refractivity contribution in [2.75, 3.05) is 19.8 Å². The zero-order chi connectivity index (χ0) is 13.2. The SMILES string of the molecule is CNCC(=O)c1cc(C)c(C)cc1S(C)(=O)=O. The van der Waals surface area contributed by atoms with E-state index in [9.17, 15) is 13.2 Å². The predicted octanol–water partition coefficient (Wildman–Crippen LogP) is 1.11. The number of likely N-dealkylation sites (N-methyl/N-ethyl adjacent to an activating group) is 1. The molecule has 0 amide bonds. The highest BCUT2D eigenvalue weighted by atomic mass is 32.2. The first kappa shape index (κ1) is 13.9. The molecule has 0 aliphatic heterocycles. The molecular formula is C12H17NO3S. The van der Waals surface area contributed by atoms with Gasteiger partial charge in [-0.2, -0.15) is 0 Å². The Morgan fingerprint density at radius 1 is 1.24 bits per heavy atom. The average molecular weight is 255 g/mol. The zero-order valence-corrected chi connectivity index (χ0v) is 11.3. The van der Waals surface area contributed by atoms with Crippen molar-refractivity contribution in [2.24, 2.45) is 0 Å². The number of ketones is 1. The van der Waals surface area contributed by atoms with Crippen LogP contribution in [0, 0.1) is 13.8 Å². The van der Waals surface area contributed by atoms with E-state index in [-0.39, 0.29) is 22.8 Å². The summed E-state index contributed by atoms with van der Waals surface area (Å²) in [5, 5.41) is 2.73. The van der Waals surface area contributed by atoms with Crippen LogP contribution in [-0.2, 0) is 9.84 Å². The Morgan fingerprint density at radius 3 is 2.24 bits per heavy atom. The normalized spacial score (nSPS) is 11.5. The molecule has 0 saturated heterocycles. The van der Waals surface area contributed by atoms with E-state index in [1.807, 2.05) is 13.8 Å². The molecule has 4 nitrogen and oxygen atoms in total. The molecule has 0 radical (unpaired) electrons. The van der Waals surface area contributed by atoms with Crippen molar-refractivity contribution in [2.45, 2.75) is 18.7 Å². The number of rotatable bonds is 4. The van der Waals surface area contributed by atoms with Crippen molar-refractivity contribution in [3.05, 3.63) is 28.8 Å². The van der Waals surface area contributed by atoms with Gasteiger partial charge in [-0.05, 0) is 44.2 Å². The molecule has 0 bridgehead atoms. The highest BCUT2D eigenvalue weighted by molar-refractivity contribution is 7.90. The Hall–Kier alpha value is -1.20. The van der Waals surface area contributed by atoms with E-state index >= 15 is 0 Å². The Morgan fingerprint density at radius 2 is 1.76 bits per heavy atom. The Bertz CT molecular complexity index is 547. The molecule has 1 rings (SSSR count). The molecule has 1 aromatic carbocycles. The summed E-state index contributed by atoms with van der Waals surface area (Å²) in [6.07, 6.45) is 1.12. The number of carbonyl (C=O) groups excluding carboxylic acids is 1. The van der Waals surface area contributed by atoms with Crippen molar-refractivity contribution in [1.82, 2.24) is 5.32 Å². The molecule has 0 aromatic heterocycles. The topological polar surface area (TPSA) is 63.2 Å². The van der Waals surface area contributed by atoms with Crippen molar-refractivity contribution >= 4 is 15.6 Å². The maximum absolute atomic E-state index is 11.8. The van der Waals surface area contributed by atoms with Gasteiger partial charge in [0.15, 0.2) is 15.6 Å². The molecule has 1 aromatic rings. The van der Waals surface area contributed by atoms with E-state index < -0.39 is 9.84 Å². The van der Waals surface area contributed by atoms with Gasteiger partial charge in [0, 0.05) is 11.8 Å². The lowest BCUT2D eigenvalue weighted by atomic mass is 10.0. The second kappa shape index (κ2) is 4.98. The van der Waals surface area contributed by atoms with Crippen molar-refractivity contribution in [3.63, 3.8) is 0 Å². The summed E-state index contributed by atoms with van der Waals surface area (Å²) < 4.78 is 23.3. The minimum absolute atomic E-state index is 0.112. The van der Waals surface area contributed by atoms with Crippen molar-refractivity contribution in [3.8, 4) is 0 Å². The molecule has 94 valence electrons. The number of aryl methyl sites for hydroxylation is 2. The van der Waals surface area contributed by atoms with E-state index in [0.29, 0.717) is 0 Å². The second-order valence-corrected chi connectivity index (χ2v) is 6.14. The first-order chi connectivity index (χ1) is 7.77. The van der Waals surface area contributed by atoms with Crippen LogP contribution >= 0.6 is 0 Å². The van der Waals surface area contributed by atoms with Crippen LogP contribution in [0.5, 0.6) is 0 Å². The van der Waals surface area contributed by atoms with Crippen LogP contribution in [0.1, 0.15) is 21.5 Å². The summed E-state index contributed by atoms with van der Waals surface area (Å²) in [5.41, 5.74) is 2.05. The van der Waals surface area contributed by atoms with Gasteiger partial charge in [-0.1, -0.05) is 0 Å². The third-order valence-corrected chi connectivity index (χ3v) is 3.77. The monoisotopic (exact) mass is 255 g/mol. The summed E-state index contributed by atoms with van der Waals surface area (Å²) in [7, 11) is -1.73. The van der Waals surface area contributed by atoms with E-state index in [0.717, 1.165) is 17.4 Å². The third kappa shape index (κ3) is 3.14. The Kier molecular flexibility index (Phi) is 4.06. The van der Waals surface area contributed by atoms with E-state index in [2.05, 4.69) is 5.32 Å². The van der Waals surface area contributed by atoms with Gasteiger partial charge in [0.2, 0.25) is 0 Å². The molecule has 0 saturated carbocycles. The average Bonchev–Trinajstić information content (AvgIpc) is 2.20. The molecule has 0 aliphatic rings. The molecule has 5 heteroatoms. The fraction of sp³-hybridized carbons (Fsp3) is 0.417. The molecule has 0 fully saturated rings. The first-order valence-corrected chi connectivity index (χ1v) is 7.15. The number of benzene rings is 1. The fourth-order valence-electron chi connectivity index (χ4n) is 1.57. The highest BCUT2D eigenvalue weighted by Crippen LogP contribution is 2.21. The summed E-state index contributed by atoms with van der Waals surface area (Å²) >= 11 is 0. The minimum atomic E-state index is -3.38. The molecule has 0 heterocycles. The van der Waals surface area contributed by atoms with Crippen molar-refractivity contribution < 1.29 is 13.2 Å².